The standard InChI is InChI=1S/C21H23N3O3/c25-19(11-15-5-2-1-3-6-15)24-14-17(20-18(24)8-10-27-20)21(26)23-13-16-7-4-9-22-12-16/h1-7,9,12,17-18,20H,8,10-11,13-14H2,(H,23,26)/t17-,18-,20+/m1/s1. The van der Waals surface area contributed by atoms with Crippen LogP contribution in [0.25, 0.3) is 0 Å². The second-order valence-corrected chi connectivity index (χ2v) is 7.09. The molecule has 0 aliphatic carbocycles. The molecule has 140 valence electrons. The average Bonchev–Trinajstić information content (AvgIpc) is 3.30. The van der Waals surface area contributed by atoms with Gasteiger partial charge in [0.05, 0.1) is 24.5 Å². The Hall–Kier alpha value is -2.73. The zero-order valence-corrected chi connectivity index (χ0v) is 15.1. The van der Waals surface area contributed by atoms with Crippen LogP contribution in [0.5, 0.6) is 0 Å². The largest absolute Gasteiger partial charge is 0.375 e. The Labute approximate surface area is 158 Å². The fourth-order valence-electron chi connectivity index (χ4n) is 3.98. The summed E-state index contributed by atoms with van der Waals surface area (Å²) >= 11 is 0. The van der Waals surface area contributed by atoms with Crippen molar-refractivity contribution in [1.29, 1.82) is 0 Å². The quantitative estimate of drug-likeness (QED) is 0.873. The summed E-state index contributed by atoms with van der Waals surface area (Å²) in [6.45, 7) is 1.44. The fourth-order valence-corrected chi connectivity index (χ4v) is 3.98. The Bertz CT molecular complexity index is 797. The Kier molecular flexibility index (Phi) is 5.16. The topological polar surface area (TPSA) is 71.5 Å². The summed E-state index contributed by atoms with van der Waals surface area (Å²) in [7, 11) is 0. The van der Waals surface area contributed by atoms with Crippen LogP contribution in [0.15, 0.2) is 54.9 Å². The van der Waals surface area contributed by atoms with E-state index in [2.05, 4.69) is 10.3 Å². The Balaban J connectivity index is 1.41. The van der Waals surface area contributed by atoms with E-state index in [1.54, 1.807) is 12.4 Å². The van der Waals surface area contributed by atoms with Gasteiger partial charge in [-0.05, 0) is 23.6 Å². The highest BCUT2D eigenvalue weighted by Crippen LogP contribution is 2.34. The fraction of sp³-hybridized carbons (Fsp3) is 0.381. The molecule has 6 heteroatoms. The number of rotatable bonds is 5. The van der Waals surface area contributed by atoms with E-state index in [9.17, 15) is 9.59 Å². The number of pyridine rings is 1. The number of nitrogens with zero attached hydrogens (tertiary/aromatic N) is 2. The molecule has 3 heterocycles. The van der Waals surface area contributed by atoms with Crippen molar-refractivity contribution in [3.8, 4) is 0 Å². The highest BCUT2D eigenvalue weighted by atomic mass is 16.5. The summed E-state index contributed by atoms with van der Waals surface area (Å²) < 4.78 is 5.83. The number of benzene rings is 1. The average molecular weight is 365 g/mol. The lowest BCUT2D eigenvalue weighted by Gasteiger charge is -2.22. The number of fused-ring (bicyclic) bond motifs is 1. The van der Waals surface area contributed by atoms with Crippen LogP contribution < -0.4 is 5.32 Å². The maximum Gasteiger partial charge on any atom is 0.227 e. The van der Waals surface area contributed by atoms with Gasteiger partial charge in [0.25, 0.3) is 0 Å². The van der Waals surface area contributed by atoms with Crippen molar-refractivity contribution in [1.82, 2.24) is 15.2 Å². The van der Waals surface area contributed by atoms with Crippen LogP contribution in [-0.2, 0) is 27.3 Å². The lowest BCUT2D eigenvalue weighted by Crippen LogP contribution is -2.38. The van der Waals surface area contributed by atoms with E-state index in [0.29, 0.717) is 26.1 Å². The third-order valence-corrected chi connectivity index (χ3v) is 5.34. The lowest BCUT2D eigenvalue weighted by molar-refractivity contribution is -0.131. The van der Waals surface area contributed by atoms with Gasteiger partial charge in [0, 0.05) is 32.1 Å². The molecule has 1 aromatic heterocycles. The molecule has 2 aliphatic rings. The minimum absolute atomic E-state index is 0.00430. The third kappa shape index (κ3) is 3.85. The summed E-state index contributed by atoms with van der Waals surface area (Å²) in [5.41, 5.74) is 1.94. The van der Waals surface area contributed by atoms with E-state index in [-0.39, 0.29) is 29.9 Å². The van der Waals surface area contributed by atoms with E-state index in [0.717, 1.165) is 17.5 Å². The molecule has 2 amide bonds. The molecular formula is C21H23N3O3. The van der Waals surface area contributed by atoms with Crippen LogP contribution in [0.4, 0.5) is 0 Å². The van der Waals surface area contributed by atoms with Gasteiger partial charge in [0.1, 0.15) is 0 Å². The molecule has 2 aromatic rings. The van der Waals surface area contributed by atoms with Gasteiger partial charge in [-0.3, -0.25) is 14.6 Å². The molecular weight excluding hydrogens is 342 g/mol. The van der Waals surface area contributed by atoms with Crippen molar-refractivity contribution >= 4 is 11.8 Å². The lowest BCUT2D eigenvalue weighted by atomic mass is 10.0. The Morgan fingerprint density at radius 2 is 1.96 bits per heavy atom. The zero-order valence-electron chi connectivity index (χ0n) is 15.1. The molecule has 2 fully saturated rings. The smallest absolute Gasteiger partial charge is 0.227 e. The van der Waals surface area contributed by atoms with Gasteiger partial charge in [-0.25, -0.2) is 0 Å². The van der Waals surface area contributed by atoms with Crippen molar-refractivity contribution in [2.45, 2.75) is 31.5 Å². The van der Waals surface area contributed by atoms with Crippen LogP contribution >= 0.6 is 0 Å². The summed E-state index contributed by atoms with van der Waals surface area (Å²) in [5.74, 6) is -0.330. The molecule has 1 N–H and O–H groups in total. The van der Waals surface area contributed by atoms with Crippen LogP contribution in [0, 0.1) is 5.92 Å². The molecule has 2 aliphatic heterocycles. The van der Waals surface area contributed by atoms with Gasteiger partial charge in [-0.2, -0.15) is 0 Å². The number of amides is 2. The first kappa shape index (κ1) is 17.7. The minimum Gasteiger partial charge on any atom is -0.375 e. The first-order chi connectivity index (χ1) is 13.2. The molecule has 0 saturated carbocycles. The highest BCUT2D eigenvalue weighted by molar-refractivity contribution is 5.84. The van der Waals surface area contributed by atoms with Crippen molar-refractivity contribution in [2.75, 3.05) is 13.2 Å². The van der Waals surface area contributed by atoms with Gasteiger partial charge in [-0.15, -0.1) is 0 Å². The molecule has 1 aromatic carbocycles. The molecule has 0 bridgehead atoms. The van der Waals surface area contributed by atoms with E-state index >= 15 is 0 Å². The number of hydrogen-bond donors (Lipinski definition) is 1. The number of carbonyl (C=O) groups is 2. The highest BCUT2D eigenvalue weighted by Gasteiger charge is 2.50. The monoisotopic (exact) mass is 365 g/mol. The van der Waals surface area contributed by atoms with Gasteiger partial charge in [0.15, 0.2) is 0 Å². The number of likely N-dealkylation sites (tertiary alicyclic amines) is 1. The summed E-state index contributed by atoms with van der Waals surface area (Å²) in [5, 5.41) is 2.97. The van der Waals surface area contributed by atoms with Crippen LogP contribution in [-0.4, -0.2) is 47.0 Å². The van der Waals surface area contributed by atoms with E-state index in [1.807, 2.05) is 47.4 Å². The first-order valence-electron chi connectivity index (χ1n) is 9.34. The van der Waals surface area contributed by atoms with Crippen molar-refractivity contribution < 1.29 is 14.3 Å². The maximum absolute atomic E-state index is 12.8. The summed E-state index contributed by atoms with van der Waals surface area (Å²) in [6.07, 6.45) is 4.37. The Morgan fingerprint density at radius 3 is 2.74 bits per heavy atom. The molecule has 0 radical (unpaired) electrons. The second-order valence-electron chi connectivity index (χ2n) is 7.09. The molecule has 0 unspecified atom stereocenters. The van der Waals surface area contributed by atoms with Gasteiger partial charge < -0.3 is 15.0 Å². The molecule has 27 heavy (non-hydrogen) atoms. The number of nitrogens with one attached hydrogen (secondary N) is 1. The maximum atomic E-state index is 12.8. The van der Waals surface area contributed by atoms with E-state index < -0.39 is 0 Å². The molecule has 4 rings (SSSR count). The number of hydrogen-bond acceptors (Lipinski definition) is 4. The number of aromatic nitrogens is 1. The normalized spacial score (nSPS) is 23.9. The first-order valence-corrected chi connectivity index (χ1v) is 9.34. The van der Waals surface area contributed by atoms with E-state index in [1.165, 1.54) is 0 Å². The minimum atomic E-state index is -0.325. The number of ether oxygens (including phenoxy) is 1. The van der Waals surface area contributed by atoms with E-state index in [4.69, 9.17) is 4.74 Å². The second kappa shape index (κ2) is 7.88. The van der Waals surface area contributed by atoms with Crippen LogP contribution in [0.1, 0.15) is 17.5 Å². The molecule has 2 saturated heterocycles. The summed E-state index contributed by atoms with van der Waals surface area (Å²) in [4.78, 5) is 31.5. The SMILES string of the molecule is O=C(NCc1cccnc1)[C@@H]1CN(C(=O)Cc2ccccc2)[C@@H]2CCO[C@H]21. The number of carbonyl (C=O) groups excluding carboxylic acids is 2. The third-order valence-electron chi connectivity index (χ3n) is 5.34. The van der Waals surface area contributed by atoms with Crippen molar-refractivity contribution in [3.05, 3.63) is 66.0 Å². The van der Waals surface area contributed by atoms with Crippen LogP contribution in [0.3, 0.4) is 0 Å². The van der Waals surface area contributed by atoms with Crippen molar-refractivity contribution in [2.24, 2.45) is 5.92 Å². The van der Waals surface area contributed by atoms with Gasteiger partial charge >= 0.3 is 0 Å². The molecule has 6 nitrogen and oxygen atoms in total. The summed E-state index contributed by atoms with van der Waals surface area (Å²) in [6, 6.07) is 13.5. The van der Waals surface area contributed by atoms with Gasteiger partial charge in [-0.1, -0.05) is 36.4 Å². The predicted molar refractivity (Wildman–Crippen MR) is 99.6 cm³/mol. The Morgan fingerprint density at radius 1 is 1.15 bits per heavy atom. The zero-order chi connectivity index (χ0) is 18.6. The van der Waals surface area contributed by atoms with Crippen molar-refractivity contribution in [3.63, 3.8) is 0 Å². The molecule has 3 atom stereocenters. The molecule has 0 spiro atoms. The van der Waals surface area contributed by atoms with Gasteiger partial charge in [0.2, 0.25) is 11.8 Å². The predicted octanol–water partition coefficient (Wildman–Crippen LogP) is 1.56. The van der Waals surface area contributed by atoms with Crippen LogP contribution in [0.2, 0.25) is 0 Å².